The molecule has 1 fully saturated rings. The van der Waals surface area contributed by atoms with Gasteiger partial charge in [0.2, 0.25) is 5.65 Å². The van der Waals surface area contributed by atoms with E-state index < -0.39 is 7.12 Å². The second-order valence-corrected chi connectivity index (χ2v) is 18.6. The highest BCUT2D eigenvalue weighted by molar-refractivity contribution is 9.10. The van der Waals surface area contributed by atoms with E-state index in [2.05, 4.69) is 89.8 Å². The number of halogens is 1. The molecular formula is C46H50BBrN14O2. The molecule has 3 aliphatic heterocycles. The Balaban J connectivity index is 0.000000125. The van der Waals surface area contributed by atoms with Gasteiger partial charge < -0.3 is 23.3 Å². The molecule has 326 valence electrons. The van der Waals surface area contributed by atoms with E-state index in [1.165, 1.54) is 12.2 Å². The Morgan fingerprint density at radius 3 is 1.95 bits per heavy atom. The summed E-state index contributed by atoms with van der Waals surface area (Å²) in [4.78, 5) is 21.6. The minimum Gasteiger partial charge on any atom is -0.399 e. The molecule has 0 unspecified atom stereocenters. The van der Waals surface area contributed by atoms with E-state index in [4.69, 9.17) is 31.2 Å². The lowest BCUT2D eigenvalue weighted by molar-refractivity contribution is 0.00578. The fourth-order valence-corrected chi connectivity index (χ4v) is 8.82. The van der Waals surface area contributed by atoms with Crippen LogP contribution in [0.2, 0.25) is 0 Å². The average molecular weight is 922 g/mol. The van der Waals surface area contributed by atoms with Gasteiger partial charge in [-0.3, -0.25) is 13.8 Å². The lowest BCUT2D eigenvalue weighted by Crippen LogP contribution is -2.41. The molecule has 0 saturated carbocycles. The van der Waals surface area contributed by atoms with E-state index in [0.29, 0.717) is 23.6 Å². The summed E-state index contributed by atoms with van der Waals surface area (Å²) >= 11 is 3.64. The number of aryl methyl sites for hydroxylation is 2. The molecule has 64 heavy (non-hydrogen) atoms. The SMILES string of the molecule is CC(C)n1ccc(-c2nc3n(c2Br)CCC3)n1.CC1(C)OB(c2ccc3ncc(C#N)n3c2)OC1(C)C.[C-]#[N+]c1cnc2ccc(-c3c(-c4ccn(C(C)C)n4)nc4n3CCC4)cn12. The number of hydrogen-bond donors (Lipinski definition) is 0. The molecule has 11 rings (SSSR count). The van der Waals surface area contributed by atoms with E-state index in [9.17, 15) is 0 Å². The van der Waals surface area contributed by atoms with E-state index in [0.717, 1.165) is 93.6 Å². The Morgan fingerprint density at radius 1 is 0.766 bits per heavy atom. The van der Waals surface area contributed by atoms with E-state index in [-0.39, 0.29) is 11.2 Å². The predicted molar refractivity (Wildman–Crippen MR) is 248 cm³/mol. The molecule has 0 spiro atoms. The zero-order valence-electron chi connectivity index (χ0n) is 37.4. The van der Waals surface area contributed by atoms with E-state index >= 15 is 0 Å². The van der Waals surface area contributed by atoms with Crippen molar-refractivity contribution >= 4 is 45.6 Å². The maximum Gasteiger partial charge on any atom is 0.496 e. The first-order valence-electron chi connectivity index (χ1n) is 21.7. The molecule has 1 saturated heterocycles. The molecular weight excluding hydrogens is 871 g/mol. The van der Waals surface area contributed by atoms with Crippen molar-refractivity contribution in [2.45, 2.75) is 117 Å². The summed E-state index contributed by atoms with van der Waals surface area (Å²) in [6.07, 6.45) is 15.4. The van der Waals surface area contributed by atoms with Crippen molar-refractivity contribution in [1.29, 1.82) is 5.26 Å². The molecule has 8 aromatic rings. The third-order valence-electron chi connectivity index (χ3n) is 12.4. The van der Waals surface area contributed by atoms with Crippen LogP contribution in [-0.4, -0.2) is 75.8 Å². The van der Waals surface area contributed by atoms with Gasteiger partial charge in [-0.15, -0.1) is 0 Å². The van der Waals surface area contributed by atoms with Gasteiger partial charge >= 0.3 is 7.12 Å². The molecule has 0 bridgehead atoms. The number of rotatable bonds is 6. The molecule has 0 N–H and O–H groups in total. The summed E-state index contributed by atoms with van der Waals surface area (Å²) < 4.78 is 25.1. The standard InChI is InChI=1S/C20H19N7.C14H16BN3O2.C12H15BrN4/c1-13(2)27-10-8-15(24-27)19-20(25-9-4-5-17(25)23-19)14-6-7-16-22-11-18(21-3)26(16)12-14;1-13(2)14(3,4)20-15(19-13)10-5-6-12-17-8-11(7-16)18(12)9-10;1-8(2)17-7-5-9(15-17)11-12(13)16-6-3-4-10(16)14-11/h6-8,10-13H,4-5,9H2,1-2H3;5-6,8-9H,1-4H3;5,7-8H,3-4,6H2,1-2H3. The highest BCUT2D eigenvalue weighted by Crippen LogP contribution is 2.38. The van der Waals surface area contributed by atoms with Crippen LogP contribution in [0.4, 0.5) is 5.82 Å². The summed E-state index contributed by atoms with van der Waals surface area (Å²) in [5.41, 5.74) is 7.96. The largest absolute Gasteiger partial charge is 0.496 e. The first-order valence-corrected chi connectivity index (χ1v) is 22.5. The molecule has 16 nitrogen and oxygen atoms in total. The third kappa shape index (κ3) is 7.73. The lowest BCUT2D eigenvalue weighted by Gasteiger charge is -2.32. The van der Waals surface area contributed by atoms with E-state index in [1.54, 1.807) is 16.8 Å². The van der Waals surface area contributed by atoms with Crippen LogP contribution in [0.5, 0.6) is 0 Å². The van der Waals surface area contributed by atoms with Crippen LogP contribution in [0.3, 0.4) is 0 Å². The van der Waals surface area contributed by atoms with E-state index in [1.807, 2.05) is 96.6 Å². The van der Waals surface area contributed by atoms with Crippen LogP contribution in [0.25, 0.3) is 50.2 Å². The second-order valence-electron chi connectivity index (χ2n) is 17.9. The first kappa shape index (κ1) is 42.9. The molecule has 18 heteroatoms. The molecule has 0 aliphatic carbocycles. The topological polar surface area (TPSA) is 152 Å². The molecule has 0 aromatic carbocycles. The molecule has 0 radical (unpaired) electrons. The lowest BCUT2D eigenvalue weighted by atomic mass is 9.80. The number of hydrogen-bond acceptors (Lipinski definition) is 9. The zero-order valence-corrected chi connectivity index (χ0v) is 38.9. The van der Waals surface area contributed by atoms with Gasteiger partial charge in [0.15, 0.2) is 0 Å². The minimum absolute atomic E-state index is 0.306. The highest BCUT2D eigenvalue weighted by Gasteiger charge is 2.51. The van der Waals surface area contributed by atoms with Crippen molar-refractivity contribution in [1.82, 2.24) is 57.4 Å². The number of imidazole rings is 4. The number of fused-ring (bicyclic) bond motifs is 4. The van der Waals surface area contributed by atoms with Crippen molar-refractivity contribution in [3.63, 3.8) is 0 Å². The minimum atomic E-state index is -0.432. The Labute approximate surface area is 380 Å². The van der Waals surface area contributed by atoms with Gasteiger partial charge in [0, 0.05) is 68.2 Å². The Hall–Kier alpha value is -6.34. The van der Waals surface area contributed by atoms with Crippen molar-refractivity contribution < 1.29 is 9.31 Å². The average Bonchev–Trinajstić information content (AvgIpc) is 4.11. The number of nitriles is 1. The van der Waals surface area contributed by atoms with Crippen LogP contribution in [0.1, 0.15) is 97.7 Å². The highest BCUT2D eigenvalue weighted by atomic mass is 79.9. The normalized spacial score (nSPS) is 15.9. The fraction of sp³-hybridized carbons (Fsp3) is 0.391. The summed E-state index contributed by atoms with van der Waals surface area (Å²) in [6.45, 7) is 25.9. The first-order chi connectivity index (χ1) is 30.7. The summed E-state index contributed by atoms with van der Waals surface area (Å²) in [7, 11) is -0.432. The van der Waals surface area contributed by atoms with Crippen LogP contribution in [-0.2, 0) is 35.2 Å². The van der Waals surface area contributed by atoms with Gasteiger partial charge in [-0.2, -0.15) is 15.5 Å². The Kier molecular flexibility index (Phi) is 11.2. The fourth-order valence-electron chi connectivity index (χ4n) is 8.14. The smallest absolute Gasteiger partial charge is 0.399 e. The van der Waals surface area contributed by atoms with Gasteiger partial charge in [-0.05, 0) is 114 Å². The molecule has 11 heterocycles. The third-order valence-corrected chi connectivity index (χ3v) is 13.2. The van der Waals surface area contributed by atoms with Crippen LogP contribution in [0, 0.1) is 17.9 Å². The van der Waals surface area contributed by atoms with Crippen molar-refractivity contribution in [3.05, 3.63) is 107 Å². The van der Waals surface area contributed by atoms with Gasteiger partial charge in [0.1, 0.15) is 56.4 Å². The summed E-state index contributed by atoms with van der Waals surface area (Å²) in [5.74, 6) is 2.79. The molecule has 0 amide bonds. The number of aromatic nitrogens is 12. The monoisotopic (exact) mass is 920 g/mol. The van der Waals surface area contributed by atoms with Crippen molar-refractivity contribution in [3.8, 4) is 40.1 Å². The maximum atomic E-state index is 9.07. The van der Waals surface area contributed by atoms with Gasteiger partial charge in [-0.1, -0.05) is 12.6 Å². The quantitative estimate of drug-likeness (QED) is 0.118. The van der Waals surface area contributed by atoms with Gasteiger partial charge in [0.05, 0.1) is 35.5 Å². The van der Waals surface area contributed by atoms with Crippen LogP contribution >= 0.6 is 15.9 Å². The van der Waals surface area contributed by atoms with Crippen LogP contribution in [0.15, 0.2) is 78.2 Å². The summed E-state index contributed by atoms with van der Waals surface area (Å²) in [6, 6.07) is 14.7. The number of pyridine rings is 2. The molecule has 3 aliphatic rings. The zero-order chi connectivity index (χ0) is 45.1. The number of nitrogens with zero attached hydrogens (tertiary/aromatic N) is 14. The predicted octanol–water partition coefficient (Wildman–Crippen LogP) is 8.68. The Morgan fingerprint density at radius 2 is 1.34 bits per heavy atom. The van der Waals surface area contributed by atoms with Gasteiger partial charge in [-0.25, -0.2) is 24.3 Å². The maximum absolute atomic E-state index is 9.07. The molecule has 8 aromatic heterocycles. The second kappa shape index (κ2) is 16.7. The van der Waals surface area contributed by atoms with Gasteiger partial charge in [0.25, 0.3) is 5.82 Å². The van der Waals surface area contributed by atoms with Crippen molar-refractivity contribution in [2.24, 2.45) is 0 Å². The van der Waals surface area contributed by atoms with Crippen LogP contribution < -0.4 is 5.46 Å². The van der Waals surface area contributed by atoms with Crippen molar-refractivity contribution in [2.75, 3.05) is 0 Å². The summed E-state index contributed by atoms with van der Waals surface area (Å²) in [5, 5.41) is 18.4. The Bertz CT molecular complexity index is 3090. The molecule has 0 atom stereocenters.